The van der Waals surface area contributed by atoms with Crippen molar-refractivity contribution < 1.29 is 26.3 Å². The van der Waals surface area contributed by atoms with Crippen molar-refractivity contribution in [2.75, 3.05) is 0 Å². The smallest absolute Gasteiger partial charge is 0.200 e. The first kappa shape index (κ1) is 14.9. The van der Waals surface area contributed by atoms with Gasteiger partial charge in [0.2, 0.25) is 5.82 Å². The lowest BCUT2D eigenvalue weighted by molar-refractivity contribution is 0.381. The van der Waals surface area contributed by atoms with E-state index in [1.807, 2.05) is 0 Å². The standard InChI is InChI=1S/C13H5BrF6/c14-4-5-1-2-6(7(15)3-5)8-9(16)11(18)13(20)12(19)10(8)17/h1-3H,4H2. The van der Waals surface area contributed by atoms with E-state index in [2.05, 4.69) is 15.9 Å². The van der Waals surface area contributed by atoms with Gasteiger partial charge in [-0.3, -0.25) is 0 Å². The highest BCUT2D eigenvalue weighted by Crippen LogP contribution is 2.33. The third-order valence-corrected chi connectivity index (χ3v) is 3.31. The Morgan fingerprint density at radius 3 is 1.70 bits per heavy atom. The summed E-state index contributed by atoms with van der Waals surface area (Å²) in [6, 6.07) is 3.22. The van der Waals surface area contributed by atoms with E-state index in [0.717, 1.165) is 12.1 Å². The van der Waals surface area contributed by atoms with Crippen molar-refractivity contribution >= 4 is 15.9 Å². The maximum Gasteiger partial charge on any atom is 0.200 e. The average Bonchev–Trinajstić information content (AvgIpc) is 2.44. The summed E-state index contributed by atoms with van der Waals surface area (Å²) < 4.78 is 79.9. The zero-order valence-electron chi connectivity index (χ0n) is 9.58. The molecular formula is C13H5BrF6. The van der Waals surface area contributed by atoms with Gasteiger partial charge >= 0.3 is 0 Å². The van der Waals surface area contributed by atoms with E-state index in [1.165, 1.54) is 6.07 Å². The van der Waals surface area contributed by atoms with Crippen LogP contribution in [0.4, 0.5) is 26.3 Å². The largest absolute Gasteiger partial charge is 0.206 e. The molecule has 0 amide bonds. The van der Waals surface area contributed by atoms with E-state index in [-0.39, 0.29) is 5.33 Å². The number of hydrogen-bond acceptors (Lipinski definition) is 0. The molecule has 0 aliphatic carbocycles. The Bertz CT molecular complexity index is 654. The van der Waals surface area contributed by atoms with Crippen LogP contribution in [-0.4, -0.2) is 0 Å². The molecule has 0 unspecified atom stereocenters. The Balaban J connectivity index is 2.76. The van der Waals surface area contributed by atoms with Gasteiger partial charge in [-0.25, -0.2) is 26.3 Å². The topological polar surface area (TPSA) is 0 Å². The van der Waals surface area contributed by atoms with Crippen LogP contribution in [0.3, 0.4) is 0 Å². The zero-order valence-corrected chi connectivity index (χ0v) is 11.2. The first-order chi connectivity index (χ1) is 9.38. The zero-order chi connectivity index (χ0) is 15.0. The molecule has 0 radical (unpaired) electrons. The van der Waals surface area contributed by atoms with Crippen LogP contribution in [0.1, 0.15) is 5.56 Å². The van der Waals surface area contributed by atoms with E-state index >= 15 is 0 Å². The fourth-order valence-electron chi connectivity index (χ4n) is 1.69. The monoisotopic (exact) mass is 354 g/mol. The molecule has 0 spiro atoms. The van der Waals surface area contributed by atoms with E-state index in [9.17, 15) is 26.3 Å². The van der Waals surface area contributed by atoms with Crippen molar-refractivity contribution in [3.8, 4) is 11.1 Å². The second kappa shape index (κ2) is 5.47. The lowest BCUT2D eigenvalue weighted by Gasteiger charge is -2.10. The normalized spacial score (nSPS) is 10.9. The van der Waals surface area contributed by atoms with E-state index in [0.29, 0.717) is 5.56 Å². The number of halogens is 7. The second-order valence-corrected chi connectivity index (χ2v) is 4.45. The molecule has 0 N–H and O–H groups in total. The molecule has 0 aromatic heterocycles. The molecular weight excluding hydrogens is 350 g/mol. The van der Waals surface area contributed by atoms with Gasteiger partial charge in [-0.1, -0.05) is 28.1 Å². The molecule has 0 nitrogen and oxygen atoms in total. The molecule has 2 aromatic carbocycles. The Labute approximate surface area is 118 Å². The van der Waals surface area contributed by atoms with Gasteiger partial charge in [0, 0.05) is 10.9 Å². The van der Waals surface area contributed by atoms with E-state index in [1.54, 1.807) is 0 Å². The van der Waals surface area contributed by atoms with Crippen molar-refractivity contribution in [1.29, 1.82) is 0 Å². The van der Waals surface area contributed by atoms with Crippen LogP contribution in [0.25, 0.3) is 11.1 Å². The fraction of sp³-hybridized carbons (Fsp3) is 0.0769. The highest BCUT2D eigenvalue weighted by atomic mass is 79.9. The van der Waals surface area contributed by atoms with Gasteiger partial charge in [-0.05, 0) is 11.6 Å². The van der Waals surface area contributed by atoms with Crippen LogP contribution in [0, 0.1) is 34.9 Å². The highest BCUT2D eigenvalue weighted by Gasteiger charge is 2.27. The van der Waals surface area contributed by atoms with Crippen molar-refractivity contribution in [3.05, 3.63) is 58.7 Å². The molecule has 0 aliphatic rings. The number of benzene rings is 2. The summed E-state index contributed by atoms with van der Waals surface area (Å²) in [5, 5.41) is 0.279. The van der Waals surface area contributed by atoms with Gasteiger partial charge in [0.25, 0.3) is 0 Å². The molecule has 20 heavy (non-hydrogen) atoms. The molecule has 106 valence electrons. The summed E-state index contributed by atoms with van der Waals surface area (Å²) >= 11 is 3.05. The first-order valence-electron chi connectivity index (χ1n) is 5.24. The Morgan fingerprint density at radius 1 is 0.750 bits per heavy atom. The summed E-state index contributed by atoms with van der Waals surface area (Å²) in [5.74, 6) is -11.7. The quantitative estimate of drug-likeness (QED) is 0.305. The summed E-state index contributed by atoms with van der Waals surface area (Å²) in [6.45, 7) is 0. The maximum absolute atomic E-state index is 13.8. The average molecular weight is 355 g/mol. The minimum absolute atomic E-state index is 0.279. The molecule has 0 atom stereocenters. The summed E-state index contributed by atoms with van der Waals surface area (Å²) in [5.41, 5.74) is -1.52. The highest BCUT2D eigenvalue weighted by molar-refractivity contribution is 9.08. The second-order valence-electron chi connectivity index (χ2n) is 3.89. The van der Waals surface area contributed by atoms with Crippen molar-refractivity contribution in [2.24, 2.45) is 0 Å². The summed E-state index contributed by atoms with van der Waals surface area (Å²) in [6.07, 6.45) is 0. The van der Waals surface area contributed by atoms with E-state index < -0.39 is 46.0 Å². The van der Waals surface area contributed by atoms with Crippen molar-refractivity contribution in [1.82, 2.24) is 0 Å². The van der Waals surface area contributed by atoms with Gasteiger partial charge in [0.05, 0.1) is 5.56 Å². The number of hydrogen-bond donors (Lipinski definition) is 0. The third kappa shape index (κ3) is 2.30. The van der Waals surface area contributed by atoms with Crippen molar-refractivity contribution in [2.45, 2.75) is 5.33 Å². The molecule has 2 rings (SSSR count). The predicted octanol–water partition coefficient (Wildman–Crippen LogP) is 5.08. The molecule has 2 aromatic rings. The molecule has 0 saturated heterocycles. The van der Waals surface area contributed by atoms with Crippen LogP contribution in [0.5, 0.6) is 0 Å². The van der Waals surface area contributed by atoms with Gasteiger partial charge in [0.15, 0.2) is 23.3 Å². The molecule has 0 bridgehead atoms. The number of rotatable bonds is 2. The Kier molecular flexibility index (Phi) is 4.08. The summed E-state index contributed by atoms with van der Waals surface area (Å²) in [7, 11) is 0. The van der Waals surface area contributed by atoms with Crippen LogP contribution in [-0.2, 0) is 5.33 Å². The van der Waals surface area contributed by atoms with Gasteiger partial charge < -0.3 is 0 Å². The lowest BCUT2D eigenvalue weighted by Crippen LogP contribution is -2.05. The fourth-order valence-corrected chi connectivity index (χ4v) is 2.03. The van der Waals surface area contributed by atoms with Gasteiger partial charge in [0.1, 0.15) is 5.82 Å². The molecule has 0 fully saturated rings. The minimum Gasteiger partial charge on any atom is -0.206 e. The van der Waals surface area contributed by atoms with Crippen LogP contribution in [0.15, 0.2) is 18.2 Å². The van der Waals surface area contributed by atoms with E-state index in [4.69, 9.17) is 0 Å². The Morgan fingerprint density at radius 2 is 1.25 bits per heavy atom. The van der Waals surface area contributed by atoms with Gasteiger partial charge in [-0.2, -0.15) is 0 Å². The SMILES string of the molecule is Fc1cc(CBr)ccc1-c1c(F)c(F)c(F)c(F)c1F. The van der Waals surface area contributed by atoms with Crippen molar-refractivity contribution in [3.63, 3.8) is 0 Å². The maximum atomic E-state index is 13.8. The molecule has 0 saturated carbocycles. The first-order valence-corrected chi connectivity index (χ1v) is 6.36. The molecule has 0 aliphatic heterocycles. The molecule has 0 heterocycles. The Hall–Kier alpha value is -1.50. The van der Waals surface area contributed by atoms with Gasteiger partial charge in [-0.15, -0.1) is 0 Å². The number of alkyl halides is 1. The molecule has 7 heteroatoms. The third-order valence-electron chi connectivity index (χ3n) is 2.67. The minimum atomic E-state index is -2.28. The summed E-state index contributed by atoms with van der Waals surface area (Å²) in [4.78, 5) is 0. The predicted molar refractivity (Wildman–Crippen MR) is 64.3 cm³/mol. The lowest BCUT2D eigenvalue weighted by atomic mass is 10.0. The van der Waals surface area contributed by atoms with Crippen LogP contribution >= 0.6 is 15.9 Å². The van der Waals surface area contributed by atoms with Crippen LogP contribution < -0.4 is 0 Å². The van der Waals surface area contributed by atoms with Crippen LogP contribution in [0.2, 0.25) is 0 Å².